The molecule has 0 N–H and O–H groups in total. The van der Waals surface area contributed by atoms with Gasteiger partial charge in [0.1, 0.15) is 24.4 Å². The molecule has 2 fully saturated rings. The van der Waals surface area contributed by atoms with Gasteiger partial charge in [0.05, 0.1) is 25.7 Å². The van der Waals surface area contributed by atoms with Crippen LogP contribution in [-0.4, -0.2) is 78.6 Å². The summed E-state index contributed by atoms with van der Waals surface area (Å²) in [6.07, 6.45) is -1.17. The molecular weight excluding hydrogens is 392 g/mol. The van der Waals surface area contributed by atoms with Gasteiger partial charge < -0.3 is 18.9 Å². The Balaban J connectivity index is 2.26. The summed E-state index contributed by atoms with van der Waals surface area (Å²) in [5.41, 5.74) is 0. The van der Waals surface area contributed by atoms with Crippen molar-refractivity contribution in [2.75, 3.05) is 25.7 Å². The molecular formula is C14H26O10S2. The van der Waals surface area contributed by atoms with Crippen LogP contribution in [0.25, 0.3) is 0 Å². The van der Waals surface area contributed by atoms with Gasteiger partial charge in [-0.3, -0.25) is 8.37 Å². The smallest absolute Gasteiger partial charge is 0.264 e. The van der Waals surface area contributed by atoms with Crippen LogP contribution in [0.2, 0.25) is 0 Å². The largest absolute Gasteiger partial charge is 0.342 e. The highest BCUT2D eigenvalue weighted by Gasteiger charge is 2.54. The Bertz CT molecular complexity index is 650. The monoisotopic (exact) mass is 418 g/mol. The molecule has 0 spiro atoms. The third kappa shape index (κ3) is 6.37. The van der Waals surface area contributed by atoms with Gasteiger partial charge in [-0.15, -0.1) is 0 Å². The standard InChI is InChI=1S/C14H26O10S2/c1-13(2)21-9(7-19-25(5,15)16)12-11(23-13)10(8-20-26(6,17)18)22-14(3,4)24-12/h9-12H,7-8H2,1-6H3/t9-,10-,11-,12+/m0/s1. The molecule has 10 nitrogen and oxygen atoms in total. The summed E-state index contributed by atoms with van der Waals surface area (Å²) < 4.78 is 78.4. The fourth-order valence-electron chi connectivity index (χ4n) is 2.92. The molecule has 0 aromatic rings. The van der Waals surface area contributed by atoms with Gasteiger partial charge in [-0.25, -0.2) is 0 Å². The average molecular weight is 418 g/mol. The lowest BCUT2D eigenvalue weighted by Gasteiger charge is -2.53. The van der Waals surface area contributed by atoms with Crippen LogP contribution in [0.1, 0.15) is 27.7 Å². The molecule has 2 rings (SSSR count). The van der Waals surface area contributed by atoms with E-state index in [1.54, 1.807) is 27.7 Å². The van der Waals surface area contributed by atoms with Crippen molar-refractivity contribution in [3.63, 3.8) is 0 Å². The van der Waals surface area contributed by atoms with Crippen molar-refractivity contribution >= 4 is 20.2 Å². The molecule has 2 heterocycles. The Labute approximate surface area is 154 Å². The molecule has 0 saturated carbocycles. The van der Waals surface area contributed by atoms with E-state index in [0.717, 1.165) is 12.5 Å². The Morgan fingerprint density at radius 1 is 0.692 bits per heavy atom. The van der Waals surface area contributed by atoms with E-state index in [9.17, 15) is 16.8 Å². The van der Waals surface area contributed by atoms with Crippen LogP contribution in [0.15, 0.2) is 0 Å². The molecule has 0 radical (unpaired) electrons. The topological polar surface area (TPSA) is 124 Å². The fourth-order valence-corrected chi connectivity index (χ4v) is 3.68. The Hall–Kier alpha value is -0.340. The predicted molar refractivity (Wildman–Crippen MR) is 89.2 cm³/mol. The molecule has 0 aromatic carbocycles. The normalized spacial score (nSPS) is 34.2. The second kappa shape index (κ2) is 7.24. The number of hydrogen-bond donors (Lipinski definition) is 0. The molecule has 4 atom stereocenters. The zero-order valence-corrected chi connectivity index (χ0v) is 17.3. The predicted octanol–water partition coefficient (Wildman–Crippen LogP) is -0.0210. The summed E-state index contributed by atoms with van der Waals surface area (Å²) in [5.74, 6) is -2.19. The highest BCUT2D eigenvalue weighted by atomic mass is 32.2. The molecule has 2 saturated heterocycles. The van der Waals surface area contributed by atoms with Gasteiger partial charge in [-0.05, 0) is 27.7 Å². The van der Waals surface area contributed by atoms with Crippen molar-refractivity contribution in [3.05, 3.63) is 0 Å². The van der Waals surface area contributed by atoms with Crippen molar-refractivity contribution in [1.82, 2.24) is 0 Å². The van der Waals surface area contributed by atoms with Crippen molar-refractivity contribution < 1.29 is 44.1 Å². The minimum atomic E-state index is -3.68. The lowest BCUT2D eigenvalue weighted by molar-refractivity contribution is -0.425. The molecule has 0 bridgehead atoms. The zero-order chi connectivity index (χ0) is 20.0. The number of hydrogen-bond acceptors (Lipinski definition) is 10. The Morgan fingerprint density at radius 3 is 1.27 bits per heavy atom. The lowest BCUT2D eigenvalue weighted by Crippen LogP contribution is -2.67. The molecule has 0 aromatic heterocycles. The molecule has 0 unspecified atom stereocenters. The molecule has 154 valence electrons. The minimum Gasteiger partial charge on any atom is -0.342 e. The lowest BCUT2D eigenvalue weighted by atomic mass is 9.98. The Morgan fingerprint density at radius 2 is 1.00 bits per heavy atom. The number of rotatable bonds is 6. The van der Waals surface area contributed by atoms with Gasteiger partial charge in [-0.1, -0.05) is 0 Å². The maximum absolute atomic E-state index is 11.3. The van der Waals surface area contributed by atoms with Gasteiger partial charge >= 0.3 is 0 Å². The Kier molecular flexibility index (Phi) is 6.12. The molecule has 0 aliphatic carbocycles. The first-order chi connectivity index (χ1) is 11.6. The molecule has 2 aliphatic rings. The summed E-state index contributed by atoms with van der Waals surface area (Å²) in [4.78, 5) is 0. The van der Waals surface area contributed by atoms with E-state index in [1.807, 2.05) is 0 Å². The van der Waals surface area contributed by atoms with Crippen LogP contribution >= 0.6 is 0 Å². The second-order valence-electron chi connectivity index (χ2n) is 7.25. The molecule has 12 heteroatoms. The first kappa shape index (κ1) is 22.0. The third-order valence-electron chi connectivity index (χ3n) is 3.66. The van der Waals surface area contributed by atoms with E-state index >= 15 is 0 Å². The summed E-state index contributed by atoms with van der Waals surface area (Å²) in [6, 6.07) is 0. The zero-order valence-electron chi connectivity index (χ0n) is 15.6. The first-order valence-electron chi connectivity index (χ1n) is 7.97. The van der Waals surface area contributed by atoms with Crippen LogP contribution in [0.4, 0.5) is 0 Å². The van der Waals surface area contributed by atoms with Gasteiger partial charge in [0.25, 0.3) is 20.2 Å². The van der Waals surface area contributed by atoms with E-state index in [4.69, 9.17) is 27.3 Å². The van der Waals surface area contributed by atoms with Gasteiger partial charge in [0, 0.05) is 0 Å². The highest BCUT2D eigenvalue weighted by Crippen LogP contribution is 2.38. The van der Waals surface area contributed by atoms with Crippen LogP contribution in [0.3, 0.4) is 0 Å². The van der Waals surface area contributed by atoms with E-state index in [2.05, 4.69) is 0 Å². The fraction of sp³-hybridized carbons (Fsp3) is 1.00. The third-order valence-corrected chi connectivity index (χ3v) is 4.79. The van der Waals surface area contributed by atoms with Gasteiger partial charge in [-0.2, -0.15) is 16.8 Å². The average Bonchev–Trinajstić information content (AvgIpc) is 2.40. The van der Waals surface area contributed by atoms with E-state index in [1.165, 1.54) is 0 Å². The molecule has 0 amide bonds. The quantitative estimate of drug-likeness (QED) is 0.544. The summed E-state index contributed by atoms with van der Waals surface area (Å²) in [6.45, 7) is 6.02. The van der Waals surface area contributed by atoms with Crippen molar-refractivity contribution in [3.8, 4) is 0 Å². The summed E-state index contributed by atoms with van der Waals surface area (Å²) in [5, 5.41) is 0. The van der Waals surface area contributed by atoms with Crippen molar-refractivity contribution in [2.24, 2.45) is 0 Å². The van der Waals surface area contributed by atoms with Crippen LogP contribution in [0, 0.1) is 0 Å². The van der Waals surface area contributed by atoms with Gasteiger partial charge in [0.15, 0.2) is 11.6 Å². The van der Waals surface area contributed by atoms with E-state index in [0.29, 0.717) is 0 Å². The van der Waals surface area contributed by atoms with Crippen molar-refractivity contribution in [1.29, 1.82) is 0 Å². The maximum atomic E-state index is 11.3. The number of ether oxygens (including phenoxy) is 4. The van der Waals surface area contributed by atoms with Gasteiger partial charge in [0.2, 0.25) is 0 Å². The second-order valence-corrected chi connectivity index (χ2v) is 10.5. The molecule has 26 heavy (non-hydrogen) atoms. The van der Waals surface area contributed by atoms with Crippen LogP contribution in [0.5, 0.6) is 0 Å². The SMILES string of the molecule is CC1(C)O[C@H]2[C@@H](OC(C)(C)O[C@H]2COS(C)(=O)=O)[C@H](COS(C)(=O)=O)O1. The highest BCUT2D eigenvalue weighted by molar-refractivity contribution is 7.86. The summed E-state index contributed by atoms with van der Waals surface area (Å²) >= 11 is 0. The van der Waals surface area contributed by atoms with Crippen LogP contribution < -0.4 is 0 Å². The van der Waals surface area contributed by atoms with Crippen LogP contribution in [-0.2, 0) is 47.5 Å². The minimum absolute atomic E-state index is 0.275. The van der Waals surface area contributed by atoms with E-state index < -0.39 is 56.2 Å². The van der Waals surface area contributed by atoms with Crippen molar-refractivity contribution in [2.45, 2.75) is 63.7 Å². The molecule has 2 aliphatic heterocycles. The maximum Gasteiger partial charge on any atom is 0.264 e. The number of fused-ring (bicyclic) bond motifs is 1. The first-order valence-corrected chi connectivity index (χ1v) is 11.6. The van der Waals surface area contributed by atoms with E-state index in [-0.39, 0.29) is 13.2 Å². The summed E-state index contributed by atoms with van der Waals surface area (Å²) in [7, 11) is -7.36.